The minimum absolute atomic E-state index is 0. The van der Waals surface area contributed by atoms with E-state index in [9.17, 15) is 24.3 Å². The van der Waals surface area contributed by atoms with Gasteiger partial charge in [0, 0.05) is 11.3 Å². The predicted molar refractivity (Wildman–Crippen MR) is 131 cm³/mol. The van der Waals surface area contributed by atoms with E-state index in [2.05, 4.69) is 26.3 Å². The van der Waals surface area contributed by atoms with Crippen molar-refractivity contribution in [2.24, 2.45) is 16.5 Å². The molecule has 0 aliphatic carbocycles. The van der Waals surface area contributed by atoms with Crippen molar-refractivity contribution in [2.45, 2.75) is 6.04 Å². The van der Waals surface area contributed by atoms with Crippen LogP contribution in [0.15, 0.2) is 53.5 Å². The van der Waals surface area contributed by atoms with Crippen LogP contribution < -0.4 is 37.5 Å². The second-order valence-corrected chi connectivity index (χ2v) is 6.74. The van der Waals surface area contributed by atoms with E-state index in [-0.39, 0.29) is 23.9 Å². The number of halogens is 1. The van der Waals surface area contributed by atoms with Crippen LogP contribution in [0, 0.1) is 0 Å². The number of hydrogen-bond acceptors (Lipinski definition) is 7. The molecule has 0 heterocycles. The number of nitrogens with zero attached hydrogens (tertiary/aromatic N) is 1. The van der Waals surface area contributed by atoms with Crippen LogP contribution in [0.2, 0.25) is 0 Å². The van der Waals surface area contributed by atoms with Gasteiger partial charge in [-0.1, -0.05) is 0 Å². The molecule has 188 valence electrons. The van der Waals surface area contributed by atoms with E-state index in [0.717, 1.165) is 0 Å². The van der Waals surface area contributed by atoms with E-state index in [1.807, 2.05) is 0 Å². The average Bonchev–Trinajstić information content (AvgIpc) is 2.81. The lowest BCUT2D eigenvalue weighted by Crippen LogP contribution is -2.52. The number of aliphatic imine (C=N–C) groups is 1. The van der Waals surface area contributed by atoms with Crippen LogP contribution in [0.1, 0.15) is 10.4 Å². The smallest absolute Gasteiger partial charge is 0.319 e. The van der Waals surface area contributed by atoms with Crippen molar-refractivity contribution in [1.82, 2.24) is 16.0 Å². The molecule has 0 bridgehead atoms. The van der Waals surface area contributed by atoms with Crippen molar-refractivity contribution >= 4 is 53.5 Å². The number of guanidine groups is 1. The van der Waals surface area contributed by atoms with Crippen molar-refractivity contribution in [3.63, 3.8) is 0 Å². The Kier molecular flexibility index (Phi) is 11.5. The molecule has 14 heteroatoms. The van der Waals surface area contributed by atoms with Gasteiger partial charge in [0.25, 0.3) is 5.91 Å². The quantitative estimate of drug-likeness (QED) is 0.174. The summed E-state index contributed by atoms with van der Waals surface area (Å²) < 4.78 is 5.02. The van der Waals surface area contributed by atoms with Crippen LogP contribution in [0.3, 0.4) is 0 Å². The molecule has 13 nitrogen and oxygen atoms in total. The van der Waals surface area contributed by atoms with E-state index < -0.39 is 42.9 Å². The number of anilines is 1. The number of imide groups is 1. The number of nitrogens with two attached hydrogens (primary N) is 2. The molecule has 5 amide bonds. The Morgan fingerprint density at radius 2 is 1.66 bits per heavy atom. The molecule has 2 aromatic carbocycles. The number of aliphatic hydroxyl groups is 1. The summed E-state index contributed by atoms with van der Waals surface area (Å²) in [7, 11) is 1.50. The summed E-state index contributed by atoms with van der Waals surface area (Å²) in [5, 5.41) is 18.5. The van der Waals surface area contributed by atoms with Crippen LogP contribution in [0.25, 0.3) is 0 Å². The summed E-state index contributed by atoms with van der Waals surface area (Å²) in [6, 6.07) is 10.1. The first-order valence-corrected chi connectivity index (χ1v) is 9.86. The van der Waals surface area contributed by atoms with E-state index in [1.165, 1.54) is 31.4 Å². The highest BCUT2D eigenvalue weighted by Crippen LogP contribution is 2.15. The number of benzene rings is 2. The first-order chi connectivity index (χ1) is 16.2. The highest BCUT2D eigenvalue weighted by atomic mass is 35.5. The Morgan fingerprint density at radius 3 is 2.20 bits per heavy atom. The van der Waals surface area contributed by atoms with Crippen LogP contribution in [0.5, 0.6) is 5.75 Å². The molecule has 0 aromatic heterocycles. The van der Waals surface area contributed by atoms with E-state index in [0.29, 0.717) is 17.1 Å². The van der Waals surface area contributed by atoms with Crippen molar-refractivity contribution in [1.29, 1.82) is 0 Å². The molecular weight excluding hydrogens is 482 g/mol. The monoisotopic (exact) mass is 507 g/mol. The number of methoxy groups -OCH3 is 1. The zero-order valence-corrected chi connectivity index (χ0v) is 19.4. The van der Waals surface area contributed by atoms with Crippen molar-refractivity contribution in [2.75, 3.05) is 25.6 Å². The molecule has 0 saturated heterocycles. The zero-order valence-electron chi connectivity index (χ0n) is 18.6. The molecule has 0 spiro atoms. The molecule has 35 heavy (non-hydrogen) atoms. The fourth-order valence-corrected chi connectivity index (χ4v) is 2.56. The summed E-state index contributed by atoms with van der Waals surface area (Å²) in [6.07, 6.45) is 0. The number of nitrogens with one attached hydrogen (secondary N) is 4. The maximum Gasteiger partial charge on any atom is 0.319 e. The average molecular weight is 508 g/mol. The highest BCUT2D eigenvalue weighted by Gasteiger charge is 2.21. The molecule has 1 atom stereocenters. The standard InChI is InChI=1S/C21H25N7O6.ClH/c1-34-15-8-6-14(7-9-15)26-21(33)27-16(11-29)19(32)24-10-17(30)28-18(31)12-2-4-13(5-3-12)25-20(22)23;/h2-9,16,29H,10-11H2,1H3,(H,24,32)(H4,22,23,25)(H2,26,27,33)(H,28,30,31);1H/t16-;/m0./s1. The number of urea groups is 1. The van der Waals surface area contributed by atoms with Crippen molar-refractivity contribution < 1.29 is 29.0 Å². The van der Waals surface area contributed by atoms with Crippen molar-refractivity contribution in [3.8, 4) is 5.75 Å². The minimum Gasteiger partial charge on any atom is -0.497 e. The van der Waals surface area contributed by atoms with Gasteiger partial charge >= 0.3 is 6.03 Å². The first-order valence-electron chi connectivity index (χ1n) is 9.86. The molecule has 2 rings (SSSR count). The molecule has 9 N–H and O–H groups in total. The third-order valence-electron chi connectivity index (χ3n) is 4.22. The van der Waals surface area contributed by atoms with E-state index >= 15 is 0 Å². The van der Waals surface area contributed by atoms with Crippen LogP contribution in [-0.4, -0.2) is 61.1 Å². The Bertz CT molecular complexity index is 1060. The number of carbonyl (C=O) groups excluding carboxylic acids is 4. The number of rotatable bonds is 9. The number of amides is 5. The van der Waals surface area contributed by atoms with Gasteiger partial charge in [0.2, 0.25) is 11.8 Å². The predicted octanol–water partition coefficient (Wildman–Crippen LogP) is -0.423. The molecular formula is C21H26ClN7O6. The van der Waals surface area contributed by atoms with Gasteiger partial charge in [-0.25, -0.2) is 9.79 Å². The van der Waals surface area contributed by atoms with Gasteiger partial charge in [-0.2, -0.15) is 0 Å². The zero-order chi connectivity index (χ0) is 25.1. The van der Waals surface area contributed by atoms with Gasteiger partial charge in [0.1, 0.15) is 11.8 Å². The van der Waals surface area contributed by atoms with Crippen LogP contribution in [-0.2, 0) is 9.59 Å². The van der Waals surface area contributed by atoms with Gasteiger partial charge in [-0.05, 0) is 48.5 Å². The fourth-order valence-electron chi connectivity index (χ4n) is 2.56. The number of ether oxygens (including phenoxy) is 1. The van der Waals surface area contributed by atoms with Gasteiger partial charge in [-0.3, -0.25) is 19.7 Å². The molecule has 0 aliphatic heterocycles. The lowest BCUT2D eigenvalue weighted by atomic mass is 10.2. The Hall–Kier alpha value is -4.36. The molecule has 0 unspecified atom stereocenters. The molecule has 0 saturated carbocycles. The second kappa shape index (κ2) is 14.0. The lowest BCUT2D eigenvalue weighted by molar-refractivity contribution is -0.127. The number of aliphatic hydroxyl groups excluding tert-OH is 1. The largest absolute Gasteiger partial charge is 0.497 e. The third-order valence-corrected chi connectivity index (χ3v) is 4.22. The summed E-state index contributed by atoms with van der Waals surface area (Å²) in [5.41, 5.74) is 11.6. The van der Waals surface area contributed by atoms with Crippen LogP contribution >= 0.6 is 12.4 Å². The second-order valence-electron chi connectivity index (χ2n) is 6.74. The third kappa shape index (κ3) is 9.57. The van der Waals surface area contributed by atoms with Crippen LogP contribution in [0.4, 0.5) is 16.2 Å². The minimum atomic E-state index is -1.33. The lowest BCUT2D eigenvalue weighted by Gasteiger charge is -2.16. The fraction of sp³-hybridized carbons (Fsp3) is 0.190. The Balaban J connectivity index is 0.00000612. The Morgan fingerprint density at radius 1 is 1.03 bits per heavy atom. The summed E-state index contributed by atoms with van der Waals surface area (Å²) >= 11 is 0. The van der Waals surface area contributed by atoms with Crippen molar-refractivity contribution in [3.05, 3.63) is 54.1 Å². The van der Waals surface area contributed by atoms with E-state index in [1.54, 1.807) is 24.3 Å². The summed E-state index contributed by atoms with van der Waals surface area (Å²) in [6.45, 7) is -1.28. The number of carbonyl (C=O) groups is 4. The van der Waals surface area contributed by atoms with Gasteiger partial charge in [-0.15, -0.1) is 12.4 Å². The van der Waals surface area contributed by atoms with Gasteiger partial charge < -0.3 is 37.3 Å². The molecule has 0 radical (unpaired) electrons. The molecule has 0 fully saturated rings. The summed E-state index contributed by atoms with van der Waals surface area (Å²) in [4.78, 5) is 52.2. The normalized spacial score (nSPS) is 10.6. The Labute approximate surface area is 206 Å². The SMILES string of the molecule is COc1ccc(NC(=O)N[C@@H](CO)C(=O)NCC(=O)NC(=O)c2ccc(N=C(N)N)cc2)cc1.Cl. The maximum absolute atomic E-state index is 12.2. The van der Waals surface area contributed by atoms with Gasteiger partial charge in [0.15, 0.2) is 5.96 Å². The summed E-state index contributed by atoms with van der Waals surface area (Å²) in [5.74, 6) is -1.87. The first kappa shape index (κ1) is 28.7. The molecule has 0 aliphatic rings. The molecule has 2 aromatic rings. The van der Waals surface area contributed by atoms with Gasteiger partial charge in [0.05, 0.1) is 25.9 Å². The maximum atomic E-state index is 12.2. The topological polar surface area (TPSA) is 210 Å². The van der Waals surface area contributed by atoms with E-state index in [4.69, 9.17) is 16.2 Å². The number of hydrogen-bond donors (Lipinski definition) is 7. The highest BCUT2D eigenvalue weighted by molar-refractivity contribution is 6.06.